The molecule has 0 spiro atoms. The van der Waals surface area contributed by atoms with E-state index >= 15 is 0 Å². The topological polar surface area (TPSA) is 76.7 Å². The molecule has 0 aliphatic rings. The van der Waals surface area contributed by atoms with Gasteiger partial charge in [-0.25, -0.2) is 4.79 Å². The summed E-state index contributed by atoms with van der Waals surface area (Å²) in [7, 11) is 0. The molecule has 2 amide bonds. The summed E-state index contributed by atoms with van der Waals surface area (Å²) < 4.78 is 10.9. The van der Waals surface area contributed by atoms with E-state index in [0.717, 1.165) is 5.56 Å². The number of para-hydroxylation sites is 1. The van der Waals surface area contributed by atoms with E-state index in [2.05, 4.69) is 10.6 Å². The van der Waals surface area contributed by atoms with E-state index in [-0.39, 0.29) is 12.5 Å². The number of carbonyl (C=O) groups excluding carboxylic acids is 2. The van der Waals surface area contributed by atoms with Crippen LogP contribution in [0.25, 0.3) is 0 Å². The Morgan fingerprint density at radius 3 is 2.15 bits per heavy atom. The number of carbonyl (C=O) groups is 2. The van der Waals surface area contributed by atoms with E-state index in [9.17, 15) is 9.59 Å². The number of hydrogen-bond donors (Lipinski definition) is 2. The van der Waals surface area contributed by atoms with Crippen LogP contribution in [0.1, 0.15) is 26.3 Å². The molecule has 6 heteroatoms. The molecule has 0 aliphatic heterocycles. The van der Waals surface area contributed by atoms with Gasteiger partial charge in [-0.1, -0.05) is 48.5 Å². The van der Waals surface area contributed by atoms with E-state index in [4.69, 9.17) is 9.47 Å². The zero-order chi connectivity index (χ0) is 19.7. The van der Waals surface area contributed by atoms with Gasteiger partial charge in [-0.3, -0.25) is 4.79 Å². The molecule has 0 heterocycles. The van der Waals surface area contributed by atoms with Gasteiger partial charge in [0.05, 0.1) is 13.2 Å². The van der Waals surface area contributed by atoms with Gasteiger partial charge >= 0.3 is 6.09 Å². The number of ether oxygens (including phenoxy) is 2. The maximum absolute atomic E-state index is 12.6. The van der Waals surface area contributed by atoms with Gasteiger partial charge in [0.25, 0.3) is 0 Å². The van der Waals surface area contributed by atoms with Gasteiger partial charge in [0, 0.05) is 5.69 Å². The van der Waals surface area contributed by atoms with Crippen molar-refractivity contribution in [2.24, 2.45) is 0 Å². The molecule has 0 fully saturated rings. The van der Waals surface area contributed by atoms with E-state index < -0.39 is 17.7 Å². The van der Waals surface area contributed by atoms with Gasteiger partial charge in [-0.2, -0.15) is 0 Å². The average molecular weight is 370 g/mol. The summed E-state index contributed by atoms with van der Waals surface area (Å²) in [5.74, 6) is -0.375. The number of alkyl carbamates (subject to hydrolysis) is 1. The van der Waals surface area contributed by atoms with Crippen molar-refractivity contribution >= 4 is 17.7 Å². The standard InChI is InChI=1S/C21H26N2O4/c1-21(2,3)27-20(25)23-18(15-26-14-16-10-6-4-7-11-16)19(24)22-17-12-8-5-9-13-17/h4-13,18H,14-15H2,1-3H3,(H,22,24)(H,23,25). The lowest BCUT2D eigenvalue weighted by atomic mass is 10.2. The lowest BCUT2D eigenvalue weighted by Crippen LogP contribution is -2.48. The van der Waals surface area contributed by atoms with Crippen molar-refractivity contribution in [2.45, 2.75) is 39.0 Å². The molecule has 144 valence electrons. The van der Waals surface area contributed by atoms with Crippen molar-refractivity contribution in [3.8, 4) is 0 Å². The number of amides is 2. The molecule has 0 bridgehead atoms. The first kappa shape index (κ1) is 20.5. The van der Waals surface area contributed by atoms with Crippen LogP contribution in [-0.2, 0) is 20.9 Å². The Kier molecular flexibility index (Phi) is 7.37. The first-order valence-corrected chi connectivity index (χ1v) is 8.80. The molecule has 27 heavy (non-hydrogen) atoms. The largest absolute Gasteiger partial charge is 0.444 e. The molecule has 2 rings (SSSR count). The van der Waals surface area contributed by atoms with Crippen molar-refractivity contribution in [3.63, 3.8) is 0 Å². The minimum atomic E-state index is -0.885. The molecule has 0 saturated carbocycles. The molecule has 0 saturated heterocycles. The van der Waals surface area contributed by atoms with Crippen molar-refractivity contribution < 1.29 is 19.1 Å². The summed E-state index contributed by atoms with van der Waals surface area (Å²) in [6.07, 6.45) is -0.668. The maximum atomic E-state index is 12.6. The quantitative estimate of drug-likeness (QED) is 0.778. The second-order valence-corrected chi connectivity index (χ2v) is 7.05. The van der Waals surface area contributed by atoms with E-state index in [1.165, 1.54) is 0 Å². The number of nitrogens with one attached hydrogen (secondary N) is 2. The Labute approximate surface area is 159 Å². The van der Waals surface area contributed by atoms with E-state index in [0.29, 0.717) is 12.3 Å². The van der Waals surface area contributed by atoms with E-state index in [1.54, 1.807) is 32.9 Å². The Balaban J connectivity index is 1.98. The van der Waals surface area contributed by atoms with Crippen LogP contribution in [0.2, 0.25) is 0 Å². The lowest BCUT2D eigenvalue weighted by Gasteiger charge is -2.23. The predicted octanol–water partition coefficient (Wildman–Crippen LogP) is 3.74. The van der Waals surface area contributed by atoms with Crippen molar-refractivity contribution in [1.29, 1.82) is 0 Å². The van der Waals surface area contributed by atoms with Crippen molar-refractivity contribution in [2.75, 3.05) is 11.9 Å². The van der Waals surface area contributed by atoms with Crippen LogP contribution >= 0.6 is 0 Å². The first-order valence-electron chi connectivity index (χ1n) is 8.80. The number of anilines is 1. The summed E-state index contributed by atoms with van der Waals surface area (Å²) in [6, 6.07) is 17.8. The summed E-state index contributed by atoms with van der Waals surface area (Å²) in [6.45, 7) is 5.64. The molecular formula is C21H26N2O4. The van der Waals surface area contributed by atoms with Gasteiger partial charge in [0.2, 0.25) is 5.91 Å². The SMILES string of the molecule is CC(C)(C)OC(=O)NC(COCc1ccccc1)C(=O)Nc1ccccc1. The molecule has 6 nitrogen and oxygen atoms in total. The maximum Gasteiger partial charge on any atom is 0.408 e. The normalized spacial score (nSPS) is 12.1. The van der Waals surface area contributed by atoms with Gasteiger partial charge < -0.3 is 20.1 Å². The Morgan fingerprint density at radius 2 is 1.56 bits per heavy atom. The van der Waals surface area contributed by atoms with Crippen molar-refractivity contribution in [3.05, 3.63) is 66.2 Å². The Hall–Kier alpha value is -2.86. The highest BCUT2D eigenvalue weighted by Gasteiger charge is 2.24. The third-order valence-electron chi connectivity index (χ3n) is 3.44. The number of hydrogen-bond acceptors (Lipinski definition) is 4. The van der Waals surface area contributed by atoms with Crippen LogP contribution in [0, 0.1) is 0 Å². The number of rotatable bonds is 7. The highest BCUT2D eigenvalue weighted by Crippen LogP contribution is 2.09. The zero-order valence-electron chi connectivity index (χ0n) is 15.9. The molecule has 2 N–H and O–H groups in total. The fourth-order valence-electron chi connectivity index (χ4n) is 2.25. The van der Waals surface area contributed by atoms with Gasteiger partial charge in [0.1, 0.15) is 11.6 Å². The van der Waals surface area contributed by atoms with Crippen LogP contribution in [0.3, 0.4) is 0 Å². The van der Waals surface area contributed by atoms with Gasteiger partial charge in [0.15, 0.2) is 0 Å². The second kappa shape index (κ2) is 9.73. The monoisotopic (exact) mass is 370 g/mol. The van der Waals surface area contributed by atoms with Crippen molar-refractivity contribution in [1.82, 2.24) is 5.32 Å². The molecular weight excluding hydrogens is 344 g/mol. The second-order valence-electron chi connectivity index (χ2n) is 7.05. The molecule has 0 aromatic heterocycles. The van der Waals surface area contributed by atoms with Gasteiger partial charge in [-0.15, -0.1) is 0 Å². The number of benzene rings is 2. The Morgan fingerprint density at radius 1 is 0.963 bits per heavy atom. The summed E-state index contributed by atoms with van der Waals surface area (Å²) in [5, 5.41) is 5.35. The zero-order valence-corrected chi connectivity index (χ0v) is 15.9. The van der Waals surface area contributed by atoms with Crippen LogP contribution in [-0.4, -0.2) is 30.3 Å². The molecule has 2 aromatic rings. The third-order valence-corrected chi connectivity index (χ3v) is 3.44. The molecule has 0 radical (unpaired) electrons. The third kappa shape index (κ3) is 7.92. The summed E-state index contributed by atoms with van der Waals surface area (Å²) in [5.41, 5.74) is 0.966. The molecule has 1 atom stereocenters. The van der Waals surface area contributed by atoms with E-state index in [1.807, 2.05) is 48.5 Å². The fraction of sp³-hybridized carbons (Fsp3) is 0.333. The minimum absolute atomic E-state index is 0.0206. The first-order chi connectivity index (χ1) is 12.8. The predicted molar refractivity (Wildman–Crippen MR) is 104 cm³/mol. The van der Waals surface area contributed by atoms with Gasteiger partial charge in [-0.05, 0) is 38.5 Å². The summed E-state index contributed by atoms with van der Waals surface area (Å²) >= 11 is 0. The van der Waals surface area contributed by atoms with Crippen LogP contribution in [0.4, 0.5) is 10.5 Å². The Bertz CT molecular complexity index is 727. The van der Waals surface area contributed by atoms with Crippen LogP contribution in [0.5, 0.6) is 0 Å². The van der Waals surface area contributed by atoms with Crippen LogP contribution < -0.4 is 10.6 Å². The molecule has 2 aromatic carbocycles. The van der Waals surface area contributed by atoms with Crippen LogP contribution in [0.15, 0.2) is 60.7 Å². The highest BCUT2D eigenvalue weighted by atomic mass is 16.6. The average Bonchev–Trinajstić information content (AvgIpc) is 2.61. The highest BCUT2D eigenvalue weighted by molar-refractivity contribution is 5.96. The smallest absolute Gasteiger partial charge is 0.408 e. The summed E-state index contributed by atoms with van der Waals surface area (Å²) in [4.78, 5) is 24.7. The molecule has 1 unspecified atom stereocenters. The fourth-order valence-corrected chi connectivity index (χ4v) is 2.25. The molecule has 0 aliphatic carbocycles. The minimum Gasteiger partial charge on any atom is -0.444 e. The lowest BCUT2D eigenvalue weighted by molar-refractivity contribution is -0.119.